The quantitative estimate of drug-likeness (QED) is 0.614. The Morgan fingerprint density at radius 2 is 2.00 bits per heavy atom. The first-order chi connectivity index (χ1) is 12.1. The molecule has 25 heavy (non-hydrogen) atoms. The normalized spacial score (nSPS) is 11.0. The first-order valence-electron chi connectivity index (χ1n) is 7.61. The number of nitrogens with zero attached hydrogens (tertiary/aromatic N) is 5. The van der Waals surface area contributed by atoms with E-state index in [1.165, 1.54) is 22.3 Å². The Hall–Kier alpha value is -3.13. The van der Waals surface area contributed by atoms with Gasteiger partial charge in [-0.3, -0.25) is 10.1 Å². The molecule has 0 aliphatic heterocycles. The Kier molecular flexibility index (Phi) is 3.73. The summed E-state index contributed by atoms with van der Waals surface area (Å²) in [6.07, 6.45) is 1.34. The van der Waals surface area contributed by atoms with E-state index in [1.807, 2.05) is 30.3 Å². The van der Waals surface area contributed by atoms with E-state index < -0.39 is 0 Å². The van der Waals surface area contributed by atoms with E-state index in [0.29, 0.717) is 5.13 Å². The highest BCUT2D eigenvalue weighted by atomic mass is 32.1. The van der Waals surface area contributed by atoms with Crippen molar-refractivity contribution in [3.63, 3.8) is 0 Å². The van der Waals surface area contributed by atoms with Crippen LogP contribution < -0.4 is 5.32 Å². The van der Waals surface area contributed by atoms with E-state index in [-0.39, 0.29) is 11.7 Å². The summed E-state index contributed by atoms with van der Waals surface area (Å²) in [6, 6.07) is 12.0. The maximum absolute atomic E-state index is 12.2. The van der Waals surface area contributed by atoms with Crippen LogP contribution in [-0.2, 0) is 7.05 Å². The summed E-state index contributed by atoms with van der Waals surface area (Å²) in [5, 5.41) is 7.12. The molecule has 4 aromatic rings. The zero-order chi connectivity index (χ0) is 17.4. The van der Waals surface area contributed by atoms with Gasteiger partial charge in [0.2, 0.25) is 5.82 Å². The fourth-order valence-electron chi connectivity index (χ4n) is 2.54. The van der Waals surface area contributed by atoms with Crippen LogP contribution in [0.4, 0.5) is 5.13 Å². The third-order valence-electron chi connectivity index (χ3n) is 3.81. The van der Waals surface area contributed by atoms with Gasteiger partial charge in [-0.15, -0.1) is 0 Å². The first-order valence-corrected chi connectivity index (χ1v) is 8.42. The molecule has 4 rings (SSSR count). The number of carbonyl (C=O) groups is 1. The monoisotopic (exact) mass is 350 g/mol. The highest BCUT2D eigenvalue weighted by Crippen LogP contribution is 2.28. The van der Waals surface area contributed by atoms with Crippen molar-refractivity contribution in [1.29, 1.82) is 0 Å². The Balaban J connectivity index is 1.66. The summed E-state index contributed by atoms with van der Waals surface area (Å²) < 4.78 is 1.41. The van der Waals surface area contributed by atoms with Crippen molar-refractivity contribution in [1.82, 2.24) is 24.7 Å². The van der Waals surface area contributed by atoms with Crippen LogP contribution in [0.15, 0.2) is 42.7 Å². The van der Waals surface area contributed by atoms with Crippen molar-refractivity contribution in [2.45, 2.75) is 6.92 Å². The topological polar surface area (TPSA) is 85.6 Å². The lowest BCUT2D eigenvalue weighted by atomic mass is 10.1. The van der Waals surface area contributed by atoms with E-state index in [2.05, 4.69) is 38.4 Å². The van der Waals surface area contributed by atoms with E-state index in [0.717, 1.165) is 27.2 Å². The molecule has 1 N–H and O–H groups in total. The third kappa shape index (κ3) is 2.87. The second-order valence-corrected chi connectivity index (χ2v) is 6.49. The summed E-state index contributed by atoms with van der Waals surface area (Å²) in [5.41, 5.74) is 3.88. The number of aromatic nitrogens is 5. The van der Waals surface area contributed by atoms with Gasteiger partial charge in [0.25, 0.3) is 5.91 Å². The second kappa shape index (κ2) is 6.06. The fourth-order valence-corrected chi connectivity index (χ4v) is 3.37. The van der Waals surface area contributed by atoms with E-state index in [9.17, 15) is 4.79 Å². The van der Waals surface area contributed by atoms with Crippen molar-refractivity contribution in [3.05, 3.63) is 54.1 Å². The summed E-state index contributed by atoms with van der Waals surface area (Å²) >= 11 is 1.33. The Labute approximate surface area is 147 Å². The zero-order valence-corrected chi connectivity index (χ0v) is 14.4. The summed E-state index contributed by atoms with van der Waals surface area (Å²) in [7, 11) is 1.66. The van der Waals surface area contributed by atoms with Gasteiger partial charge in [0.05, 0.1) is 5.69 Å². The SMILES string of the molecule is Cc1ccccc1-c1ccc2nc(NC(=O)c3ncnn3C)sc2n1. The van der Waals surface area contributed by atoms with Crippen LogP contribution in [0.2, 0.25) is 0 Å². The average molecular weight is 350 g/mol. The standard InChI is InChI=1S/C17H14N6OS/c1-10-5-3-4-6-11(10)12-7-8-13-16(20-12)25-17(21-13)22-15(24)14-18-9-19-23(14)2/h3-9H,1-2H3,(H,21,22,24). The summed E-state index contributed by atoms with van der Waals surface area (Å²) in [4.78, 5) is 26.0. The van der Waals surface area contributed by atoms with Crippen LogP contribution >= 0.6 is 11.3 Å². The molecule has 3 aromatic heterocycles. The van der Waals surface area contributed by atoms with Gasteiger partial charge in [-0.2, -0.15) is 5.10 Å². The van der Waals surface area contributed by atoms with Gasteiger partial charge in [0.1, 0.15) is 16.7 Å². The predicted molar refractivity (Wildman–Crippen MR) is 96.5 cm³/mol. The lowest BCUT2D eigenvalue weighted by molar-refractivity contribution is 0.101. The minimum absolute atomic E-state index is 0.229. The average Bonchev–Trinajstić information content (AvgIpc) is 3.20. The number of aryl methyl sites for hydroxylation is 2. The number of nitrogens with one attached hydrogen (secondary N) is 1. The Morgan fingerprint density at radius 3 is 2.76 bits per heavy atom. The highest BCUT2D eigenvalue weighted by molar-refractivity contribution is 7.22. The van der Waals surface area contributed by atoms with Gasteiger partial charge >= 0.3 is 0 Å². The van der Waals surface area contributed by atoms with Crippen LogP contribution in [-0.4, -0.2) is 30.6 Å². The van der Waals surface area contributed by atoms with Crippen LogP contribution in [0, 0.1) is 6.92 Å². The minimum atomic E-state index is -0.349. The van der Waals surface area contributed by atoms with E-state index in [4.69, 9.17) is 0 Å². The first kappa shape index (κ1) is 15.4. The van der Waals surface area contributed by atoms with Crippen molar-refractivity contribution < 1.29 is 4.79 Å². The molecule has 0 saturated heterocycles. The molecule has 0 aliphatic rings. The highest BCUT2D eigenvalue weighted by Gasteiger charge is 2.15. The molecule has 3 heterocycles. The van der Waals surface area contributed by atoms with Crippen LogP contribution in [0.5, 0.6) is 0 Å². The number of hydrogen-bond acceptors (Lipinski definition) is 6. The lowest BCUT2D eigenvalue weighted by Crippen LogP contribution is -2.17. The molecule has 0 saturated carbocycles. The molecular weight excluding hydrogens is 336 g/mol. The minimum Gasteiger partial charge on any atom is -0.295 e. The van der Waals surface area contributed by atoms with Crippen LogP contribution in [0.1, 0.15) is 16.2 Å². The van der Waals surface area contributed by atoms with Gasteiger partial charge in [0, 0.05) is 12.6 Å². The Bertz CT molecular complexity index is 1080. The number of benzene rings is 1. The number of pyridine rings is 1. The number of amides is 1. The van der Waals surface area contributed by atoms with Crippen LogP contribution in [0.25, 0.3) is 21.6 Å². The van der Waals surface area contributed by atoms with Gasteiger partial charge in [-0.25, -0.2) is 19.6 Å². The molecule has 0 radical (unpaired) electrons. The van der Waals surface area contributed by atoms with Crippen molar-refractivity contribution in [2.75, 3.05) is 5.32 Å². The predicted octanol–water partition coefficient (Wildman–Crippen LogP) is 3.05. The molecular formula is C17H14N6OS. The molecule has 124 valence electrons. The fraction of sp³-hybridized carbons (Fsp3) is 0.118. The number of hydrogen-bond donors (Lipinski definition) is 1. The van der Waals surface area contributed by atoms with Crippen molar-refractivity contribution in [3.8, 4) is 11.3 Å². The number of fused-ring (bicyclic) bond motifs is 1. The molecule has 1 amide bonds. The largest absolute Gasteiger partial charge is 0.295 e. The summed E-state index contributed by atoms with van der Waals surface area (Å²) in [5.74, 6) is -0.119. The summed E-state index contributed by atoms with van der Waals surface area (Å²) in [6.45, 7) is 2.06. The molecule has 0 aliphatic carbocycles. The van der Waals surface area contributed by atoms with Gasteiger partial charge in [-0.1, -0.05) is 35.6 Å². The maximum Gasteiger partial charge on any atom is 0.294 e. The van der Waals surface area contributed by atoms with E-state index in [1.54, 1.807) is 7.05 Å². The molecule has 0 spiro atoms. The van der Waals surface area contributed by atoms with Crippen molar-refractivity contribution >= 4 is 32.7 Å². The zero-order valence-electron chi connectivity index (χ0n) is 13.6. The Morgan fingerprint density at radius 1 is 1.16 bits per heavy atom. The number of carbonyl (C=O) groups excluding carboxylic acids is 1. The maximum atomic E-state index is 12.2. The number of anilines is 1. The number of rotatable bonds is 3. The smallest absolute Gasteiger partial charge is 0.294 e. The lowest BCUT2D eigenvalue weighted by Gasteiger charge is -2.03. The molecule has 1 aromatic carbocycles. The van der Waals surface area contributed by atoms with Crippen LogP contribution in [0.3, 0.4) is 0 Å². The number of thiazole rings is 1. The molecule has 0 atom stereocenters. The molecule has 0 bridgehead atoms. The third-order valence-corrected chi connectivity index (χ3v) is 4.69. The van der Waals surface area contributed by atoms with Gasteiger partial charge < -0.3 is 0 Å². The molecule has 0 fully saturated rings. The molecule has 0 unspecified atom stereocenters. The molecule has 7 nitrogen and oxygen atoms in total. The molecule has 8 heteroatoms. The second-order valence-electron chi connectivity index (χ2n) is 5.52. The van der Waals surface area contributed by atoms with Gasteiger partial charge in [0.15, 0.2) is 5.13 Å². The van der Waals surface area contributed by atoms with E-state index >= 15 is 0 Å². The van der Waals surface area contributed by atoms with Gasteiger partial charge in [-0.05, 0) is 24.6 Å². The van der Waals surface area contributed by atoms with Crippen molar-refractivity contribution in [2.24, 2.45) is 7.05 Å².